The Morgan fingerprint density at radius 3 is 1.27 bits per heavy atom. The first-order valence-electron chi connectivity index (χ1n) is 30.3. The summed E-state index contributed by atoms with van der Waals surface area (Å²) in [5.74, 6) is -8.99. The van der Waals surface area contributed by atoms with Crippen molar-refractivity contribution in [3.63, 3.8) is 0 Å². The molecular weight excluding hydrogens is 1060 g/mol. The normalized spacial score (nSPS) is 20.4. The minimum Gasteiger partial charge on any atom is -0.344 e. The minimum absolute atomic E-state index is 0.123. The van der Waals surface area contributed by atoms with Crippen molar-refractivity contribution < 1.29 is 46.3 Å². The van der Waals surface area contributed by atoms with Crippen LogP contribution in [-0.2, 0) is 32.0 Å². The maximum atomic E-state index is 15.5. The lowest BCUT2D eigenvalue weighted by molar-refractivity contribution is -0.150. The average molecular weight is 1150 g/mol. The minimum atomic E-state index is -3.08. The topological polar surface area (TPSA) is 151 Å². The smallest absolute Gasteiger partial charge is 0.253 e. The van der Waals surface area contributed by atoms with Crippen LogP contribution >= 0.6 is 0 Å². The van der Waals surface area contributed by atoms with Gasteiger partial charge in [-0.1, -0.05) is 137 Å². The number of halogens is 4. The highest BCUT2D eigenvalue weighted by atomic mass is 19.3. The lowest BCUT2D eigenvalue weighted by atomic mass is 9.82. The van der Waals surface area contributed by atoms with Gasteiger partial charge in [0.2, 0.25) is 23.6 Å². The Morgan fingerprint density at radius 1 is 0.530 bits per heavy atom. The largest absolute Gasteiger partial charge is 0.344 e. The predicted octanol–water partition coefficient (Wildman–Crippen LogP) is 10.4. The Bertz CT molecular complexity index is 2790. The molecule has 2 heterocycles. The highest BCUT2D eigenvalue weighted by molar-refractivity contribution is 5.96. The van der Waals surface area contributed by atoms with E-state index in [2.05, 4.69) is 16.0 Å². The van der Waals surface area contributed by atoms with Crippen LogP contribution in [0.1, 0.15) is 143 Å². The molecule has 8 rings (SSSR count). The summed E-state index contributed by atoms with van der Waals surface area (Å²) >= 11 is 0. The van der Waals surface area contributed by atoms with E-state index in [4.69, 9.17) is 0 Å². The van der Waals surface area contributed by atoms with E-state index in [1.165, 1.54) is 9.80 Å². The SMILES string of the molecule is CN[C@@H](C)C(=O)N[C@H](C(=O)N1CCC(F)(F)C[C@H]1CN(CCc1ccccc1)C(=O)c1ccc(-c2ccc(C(=O)N(CCc3ccccc3)C[C@@H]3CC(F)(F)CCN3C(=O)[C@@H](NC(=O)C(C)C)C3CCCCC3)cc2)cc1)C1CCCCC1. The fourth-order valence-corrected chi connectivity index (χ4v) is 12.6. The molecule has 13 nitrogen and oxygen atoms in total. The Kier molecular flexibility index (Phi) is 21.6. The molecule has 2 aliphatic heterocycles. The number of carbonyl (C=O) groups excluding carboxylic acids is 6. The maximum absolute atomic E-state index is 15.5. The van der Waals surface area contributed by atoms with Crippen molar-refractivity contribution in [3.05, 3.63) is 131 Å². The van der Waals surface area contributed by atoms with Crippen molar-refractivity contribution >= 4 is 35.4 Å². The molecule has 4 aliphatic rings. The van der Waals surface area contributed by atoms with Crippen LogP contribution in [-0.4, -0.2) is 143 Å². The molecule has 5 atom stereocenters. The van der Waals surface area contributed by atoms with Crippen LogP contribution in [0.4, 0.5) is 17.6 Å². The molecule has 2 saturated carbocycles. The van der Waals surface area contributed by atoms with Gasteiger partial charge in [-0.05, 0) is 111 Å². The fraction of sp³-hybridized carbons (Fsp3) is 0.545. The first-order valence-corrected chi connectivity index (χ1v) is 30.3. The van der Waals surface area contributed by atoms with Gasteiger partial charge in [0.15, 0.2) is 0 Å². The number of likely N-dealkylation sites (tertiary alicyclic amines) is 2. The molecule has 2 saturated heterocycles. The second-order valence-corrected chi connectivity index (χ2v) is 24.1. The van der Waals surface area contributed by atoms with E-state index in [-0.39, 0.29) is 74.7 Å². The number of carbonyl (C=O) groups is 6. The number of likely N-dealkylation sites (N-methyl/N-ethyl adjacent to an activating group) is 1. The molecule has 3 N–H and O–H groups in total. The standard InChI is InChI=1S/C66H85F4N7O6/c1-45(2)59(78)72-57(51-21-13-7-14-22-51)63(82)76-39-35-65(67,68)41-55(76)43-74(37-33-47-17-9-5-10-18-47)61(80)53-29-25-49(26-30-53)50-27-31-54(32-28-50)62(81)75(38-34-48-19-11-6-12-20-48)44-56-42-66(69,70)36-40-77(56)64(83)58(52-23-15-8-16-24-52)73-60(79)46(3)71-4/h5-6,9-12,17-20,25-32,45-46,51-52,55-58,71H,7-8,13-16,21-24,33-44H2,1-4H3,(H,72,78)(H,73,79)/t46-,55-,56-,57-,58-/m0/s1. The Labute approximate surface area is 487 Å². The number of hydrogen-bond donors (Lipinski definition) is 3. The number of benzene rings is 4. The average Bonchev–Trinajstić information content (AvgIpc) is 3.50. The summed E-state index contributed by atoms with van der Waals surface area (Å²) in [6, 6.07) is 28.5. The van der Waals surface area contributed by atoms with Crippen LogP contribution in [0.3, 0.4) is 0 Å². The summed E-state index contributed by atoms with van der Waals surface area (Å²) in [5.41, 5.74) is 3.96. The Balaban J connectivity index is 1.02. The molecule has 83 heavy (non-hydrogen) atoms. The van der Waals surface area contributed by atoms with Crippen LogP contribution in [0.5, 0.6) is 0 Å². The summed E-state index contributed by atoms with van der Waals surface area (Å²) < 4.78 is 62.1. The molecule has 0 radical (unpaired) electrons. The Hall–Kier alpha value is -6.62. The third-order valence-electron chi connectivity index (χ3n) is 17.7. The molecule has 0 unspecified atom stereocenters. The predicted molar refractivity (Wildman–Crippen MR) is 314 cm³/mol. The van der Waals surface area contributed by atoms with Gasteiger partial charge in [0.25, 0.3) is 23.7 Å². The van der Waals surface area contributed by atoms with Crippen molar-refractivity contribution in [1.82, 2.24) is 35.6 Å². The summed E-state index contributed by atoms with van der Waals surface area (Å²) in [6.07, 6.45) is 7.17. The number of nitrogens with zero attached hydrogens (tertiary/aromatic N) is 4. The summed E-state index contributed by atoms with van der Waals surface area (Å²) in [5, 5.41) is 8.90. The lowest BCUT2D eigenvalue weighted by Crippen LogP contribution is -2.61. The highest BCUT2D eigenvalue weighted by Crippen LogP contribution is 2.37. The van der Waals surface area contributed by atoms with Crippen LogP contribution in [0.25, 0.3) is 11.1 Å². The van der Waals surface area contributed by atoms with Crippen molar-refractivity contribution in [3.8, 4) is 11.1 Å². The molecule has 448 valence electrons. The van der Waals surface area contributed by atoms with Crippen LogP contribution in [0, 0.1) is 17.8 Å². The van der Waals surface area contributed by atoms with E-state index in [1.54, 1.807) is 86.1 Å². The summed E-state index contributed by atoms with van der Waals surface area (Å²) in [4.78, 5) is 91.4. The third kappa shape index (κ3) is 16.8. The molecule has 2 aliphatic carbocycles. The third-order valence-corrected chi connectivity index (χ3v) is 17.7. The molecule has 4 aromatic carbocycles. The van der Waals surface area contributed by atoms with Gasteiger partial charge in [-0.25, -0.2) is 17.6 Å². The van der Waals surface area contributed by atoms with Crippen molar-refractivity contribution in [1.29, 1.82) is 0 Å². The van der Waals surface area contributed by atoms with E-state index in [9.17, 15) is 28.8 Å². The molecule has 17 heteroatoms. The molecule has 4 aromatic rings. The van der Waals surface area contributed by atoms with E-state index in [1.807, 2.05) is 60.7 Å². The number of alkyl halides is 4. The van der Waals surface area contributed by atoms with Gasteiger partial charge in [0, 0.05) is 82.0 Å². The first-order chi connectivity index (χ1) is 39.8. The summed E-state index contributed by atoms with van der Waals surface area (Å²) in [6.45, 7) is 4.86. The number of hydrogen-bond acceptors (Lipinski definition) is 7. The molecule has 4 fully saturated rings. The zero-order valence-corrected chi connectivity index (χ0v) is 48.8. The zero-order chi connectivity index (χ0) is 59.3. The number of amides is 6. The van der Waals surface area contributed by atoms with Gasteiger partial charge >= 0.3 is 0 Å². The quantitative estimate of drug-likeness (QED) is 0.0663. The van der Waals surface area contributed by atoms with Gasteiger partial charge in [-0.15, -0.1) is 0 Å². The van der Waals surface area contributed by atoms with Gasteiger partial charge < -0.3 is 35.6 Å². The van der Waals surface area contributed by atoms with E-state index in [0.29, 0.717) is 24.0 Å². The van der Waals surface area contributed by atoms with Crippen LogP contribution in [0.15, 0.2) is 109 Å². The molecular formula is C66H85F4N7O6. The van der Waals surface area contributed by atoms with Crippen molar-refractivity contribution in [2.24, 2.45) is 17.8 Å². The van der Waals surface area contributed by atoms with E-state index >= 15 is 17.6 Å². The zero-order valence-electron chi connectivity index (χ0n) is 48.8. The monoisotopic (exact) mass is 1150 g/mol. The van der Waals surface area contributed by atoms with Crippen molar-refractivity contribution in [2.75, 3.05) is 46.3 Å². The molecule has 0 spiro atoms. The lowest BCUT2D eigenvalue weighted by Gasteiger charge is -2.44. The first kappa shape index (κ1) is 62.4. The molecule has 6 amide bonds. The van der Waals surface area contributed by atoms with Crippen molar-refractivity contribution in [2.45, 2.75) is 166 Å². The van der Waals surface area contributed by atoms with E-state index in [0.717, 1.165) is 86.5 Å². The highest BCUT2D eigenvalue weighted by Gasteiger charge is 2.48. The van der Waals surface area contributed by atoms with Gasteiger partial charge in [-0.2, -0.15) is 0 Å². The second-order valence-electron chi connectivity index (χ2n) is 24.1. The van der Waals surface area contributed by atoms with Gasteiger partial charge in [-0.3, -0.25) is 28.8 Å². The summed E-state index contributed by atoms with van der Waals surface area (Å²) in [7, 11) is 1.66. The number of nitrogens with one attached hydrogen (secondary N) is 3. The number of piperidine rings is 2. The molecule has 0 aromatic heterocycles. The number of rotatable bonds is 22. The fourth-order valence-electron chi connectivity index (χ4n) is 12.6. The van der Waals surface area contributed by atoms with E-state index < -0.39 is 85.5 Å². The maximum Gasteiger partial charge on any atom is 0.253 e. The van der Waals surface area contributed by atoms with Crippen LogP contribution < -0.4 is 16.0 Å². The molecule has 0 bridgehead atoms. The van der Waals surface area contributed by atoms with Crippen LogP contribution in [0.2, 0.25) is 0 Å². The van der Waals surface area contributed by atoms with Gasteiger partial charge in [0.1, 0.15) is 12.1 Å². The van der Waals surface area contributed by atoms with Gasteiger partial charge in [0.05, 0.1) is 18.1 Å². The Morgan fingerprint density at radius 2 is 0.904 bits per heavy atom. The second kappa shape index (κ2) is 28.8.